The van der Waals surface area contributed by atoms with Crippen molar-refractivity contribution >= 4 is 37.5 Å². The zero-order chi connectivity index (χ0) is 15.0. The minimum atomic E-state index is -0.422. The van der Waals surface area contributed by atoms with Crippen LogP contribution in [0, 0.1) is 5.82 Å². The first-order chi connectivity index (χ1) is 10.0. The lowest BCUT2D eigenvalue weighted by Crippen LogP contribution is -2.03. The van der Waals surface area contributed by atoms with Gasteiger partial charge in [0.2, 0.25) is 0 Å². The SMILES string of the molecule is Nc1cc(Br)cc(-c2nnnn2-c2cc(Br)ccc2F)c1. The summed E-state index contributed by atoms with van der Waals surface area (Å²) in [6, 6.07) is 9.87. The van der Waals surface area contributed by atoms with Crippen molar-refractivity contribution in [2.24, 2.45) is 0 Å². The number of halogens is 3. The first-order valence-corrected chi connectivity index (χ1v) is 7.43. The molecule has 0 radical (unpaired) electrons. The van der Waals surface area contributed by atoms with Gasteiger partial charge in [0.05, 0.1) is 0 Å². The van der Waals surface area contributed by atoms with Crippen LogP contribution in [-0.4, -0.2) is 20.2 Å². The van der Waals surface area contributed by atoms with Crippen LogP contribution in [0.15, 0.2) is 45.3 Å². The first kappa shape index (κ1) is 14.2. The van der Waals surface area contributed by atoms with Gasteiger partial charge in [-0.25, -0.2) is 4.39 Å². The summed E-state index contributed by atoms with van der Waals surface area (Å²) in [5.41, 5.74) is 7.32. The van der Waals surface area contributed by atoms with Gasteiger partial charge in [-0.05, 0) is 46.8 Å². The van der Waals surface area contributed by atoms with Crippen LogP contribution in [0.3, 0.4) is 0 Å². The molecule has 0 bridgehead atoms. The zero-order valence-electron chi connectivity index (χ0n) is 10.5. The van der Waals surface area contributed by atoms with E-state index in [-0.39, 0.29) is 5.69 Å². The van der Waals surface area contributed by atoms with Gasteiger partial charge in [-0.2, -0.15) is 4.68 Å². The van der Waals surface area contributed by atoms with Crippen LogP contribution in [0.4, 0.5) is 10.1 Å². The maximum atomic E-state index is 14.0. The molecule has 0 amide bonds. The third-order valence-corrected chi connectivity index (χ3v) is 3.74. The molecule has 0 aliphatic rings. The van der Waals surface area contributed by atoms with Crippen molar-refractivity contribution in [3.63, 3.8) is 0 Å². The predicted octanol–water partition coefficient (Wildman–Crippen LogP) is 3.58. The smallest absolute Gasteiger partial charge is 0.187 e. The molecule has 106 valence electrons. The van der Waals surface area contributed by atoms with Crippen LogP contribution in [0.1, 0.15) is 0 Å². The maximum Gasteiger partial charge on any atom is 0.187 e. The van der Waals surface area contributed by atoms with Gasteiger partial charge in [-0.15, -0.1) is 5.10 Å². The molecule has 0 saturated carbocycles. The molecule has 1 aromatic heterocycles. The summed E-state index contributed by atoms with van der Waals surface area (Å²) in [5.74, 6) is -0.0188. The van der Waals surface area contributed by atoms with E-state index in [2.05, 4.69) is 47.4 Å². The van der Waals surface area contributed by atoms with Crippen molar-refractivity contribution in [3.05, 3.63) is 51.2 Å². The van der Waals surface area contributed by atoms with Gasteiger partial charge in [0.15, 0.2) is 5.82 Å². The van der Waals surface area contributed by atoms with E-state index in [1.54, 1.807) is 24.3 Å². The Kier molecular flexibility index (Phi) is 3.73. The van der Waals surface area contributed by atoms with E-state index < -0.39 is 5.82 Å². The van der Waals surface area contributed by atoms with E-state index in [9.17, 15) is 4.39 Å². The average molecular weight is 413 g/mol. The largest absolute Gasteiger partial charge is 0.399 e. The van der Waals surface area contributed by atoms with Crippen molar-refractivity contribution in [1.29, 1.82) is 0 Å². The predicted molar refractivity (Wildman–Crippen MR) is 84.4 cm³/mol. The normalized spacial score (nSPS) is 10.8. The fourth-order valence-electron chi connectivity index (χ4n) is 1.92. The molecular weight excluding hydrogens is 405 g/mol. The van der Waals surface area contributed by atoms with Crippen LogP contribution in [-0.2, 0) is 0 Å². The van der Waals surface area contributed by atoms with Gasteiger partial charge in [0, 0.05) is 20.2 Å². The second kappa shape index (κ2) is 5.53. The number of tetrazole rings is 1. The molecule has 0 unspecified atom stereocenters. The van der Waals surface area contributed by atoms with Crippen molar-refractivity contribution in [2.45, 2.75) is 0 Å². The van der Waals surface area contributed by atoms with E-state index in [1.807, 2.05) is 6.07 Å². The van der Waals surface area contributed by atoms with Crippen molar-refractivity contribution < 1.29 is 4.39 Å². The first-order valence-electron chi connectivity index (χ1n) is 5.85. The van der Waals surface area contributed by atoms with E-state index >= 15 is 0 Å². The van der Waals surface area contributed by atoms with Gasteiger partial charge >= 0.3 is 0 Å². The lowest BCUT2D eigenvalue weighted by molar-refractivity contribution is 0.607. The number of aromatic nitrogens is 4. The average Bonchev–Trinajstić information content (AvgIpc) is 2.89. The van der Waals surface area contributed by atoms with Crippen LogP contribution in [0.25, 0.3) is 17.1 Å². The molecule has 5 nitrogen and oxygen atoms in total. The van der Waals surface area contributed by atoms with Crippen molar-refractivity contribution in [1.82, 2.24) is 20.2 Å². The lowest BCUT2D eigenvalue weighted by Gasteiger charge is -2.07. The molecule has 1 heterocycles. The van der Waals surface area contributed by atoms with Crippen LogP contribution < -0.4 is 5.73 Å². The maximum absolute atomic E-state index is 14.0. The molecule has 8 heteroatoms. The molecular formula is C13H8Br2FN5. The third kappa shape index (κ3) is 2.81. The Balaban J connectivity index is 2.19. The van der Waals surface area contributed by atoms with Crippen LogP contribution >= 0.6 is 31.9 Å². The highest BCUT2D eigenvalue weighted by Gasteiger charge is 2.15. The van der Waals surface area contributed by atoms with Gasteiger partial charge in [-0.1, -0.05) is 31.9 Å². The van der Waals surface area contributed by atoms with Crippen molar-refractivity contribution in [2.75, 3.05) is 5.73 Å². The molecule has 0 fully saturated rings. The summed E-state index contributed by atoms with van der Waals surface area (Å²) in [6.07, 6.45) is 0. The topological polar surface area (TPSA) is 69.6 Å². The van der Waals surface area contributed by atoms with E-state index in [0.29, 0.717) is 17.1 Å². The number of anilines is 1. The standard InChI is InChI=1S/C13H8Br2FN5/c14-8-1-2-11(16)12(6-8)21-13(18-19-20-21)7-3-9(15)5-10(17)4-7/h1-6H,17H2. The highest BCUT2D eigenvalue weighted by molar-refractivity contribution is 9.10. The summed E-state index contributed by atoms with van der Waals surface area (Å²) in [7, 11) is 0. The Morgan fingerprint density at radius 2 is 1.86 bits per heavy atom. The van der Waals surface area contributed by atoms with Gasteiger partial charge in [0.25, 0.3) is 0 Å². The Morgan fingerprint density at radius 1 is 1.05 bits per heavy atom. The van der Waals surface area contributed by atoms with Gasteiger partial charge < -0.3 is 5.73 Å². The monoisotopic (exact) mass is 411 g/mol. The number of nitrogen functional groups attached to an aromatic ring is 1. The quantitative estimate of drug-likeness (QED) is 0.653. The molecule has 0 spiro atoms. The fraction of sp³-hybridized carbons (Fsp3) is 0. The molecule has 2 N–H and O–H groups in total. The Bertz CT molecular complexity index is 798. The minimum Gasteiger partial charge on any atom is -0.399 e. The number of rotatable bonds is 2. The van der Waals surface area contributed by atoms with Gasteiger partial charge in [-0.3, -0.25) is 0 Å². The summed E-state index contributed by atoms with van der Waals surface area (Å²) < 4.78 is 16.9. The second-order valence-corrected chi connectivity index (χ2v) is 6.11. The Hall–Kier alpha value is -1.80. The molecule has 2 aromatic carbocycles. The summed E-state index contributed by atoms with van der Waals surface area (Å²) in [4.78, 5) is 0. The van der Waals surface area contributed by atoms with Crippen LogP contribution in [0.2, 0.25) is 0 Å². The highest BCUT2D eigenvalue weighted by atomic mass is 79.9. The second-order valence-electron chi connectivity index (χ2n) is 4.28. The molecule has 0 aliphatic carbocycles. The number of hydrogen-bond acceptors (Lipinski definition) is 4. The van der Waals surface area contributed by atoms with Crippen molar-refractivity contribution in [3.8, 4) is 17.1 Å². The number of hydrogen-bond donors (Lipinski definition) is 1. The molecule has 0 atom stereocenters. The molecule has 21 heavy (non-hydrogen) atoms. The van der Waals surface area contributed by atoms with E-state index in [0.717, 1.165) is 8.95 Å². The summed E-state index contributed by atoms with van der Waals surface area (Å²) in [5, 5.41) is 11.5. The summed E-state index contributed by atoms with van der Waals surface area (Å²) in [6.45, 7) is 0. The zero-order valence-corrected chi connectivity index (χ0v) is 13.6. The lowest BCUT2D eigenvalue weighted by atomic mass is 10.2. The molecule has 0 aliphatic heterocycles. The minimum absolute atomic E-state index is 0.253. The van der Waals surface area contributed by atoms with Crippen LogP contribution in [0.5, 0.6) is 0 Å². The number of benzene rings is 2. The molecule has 3 aromatic rings. The fourth-order valence-corrected chi connectivity index (χ4v) is 2.78. The molecule has 3 rings (SSSR count). The summed E-state index contributed by atoms with van der Waals surface area (Å²) >= 11 is 6.68. The molecule has 0 saturated heterocycles. The van der Waals surface area contributed by atoms with E-state index in [1.165, 1.54) is 10.7 Å². The van der Waals surface area contributed by atoms with Gasteiger partial charge in [0.1, 0.15) is 11.5 Å². The third-order valence-electron chi connectivity index (χ3n) is 2.78. The van der Waals surface area contributed by atoms with E-state index in [4.69, 9.17) is 5.73 Å². The highest BCUT2D eigenvalue weighted by Crippen LogP contribution is 2.27. The number of nitrogens with two attached hydrogens (primary N) is 1. The number of nitrogens with zero attached hydrogens (tertiary/aromatic N) is 4. The Labute approximate surface area is 136 Å². The Morgan fingerprint density at radius 3 is 2.62 bits per heavy atom.